The van der Waals surface area contributed by atoms with Crippen molar-refractivity contribution in [3.8, 4) is 5.69 Å². The van der Waals surface area contributed by atoms with Crippen LogP contribution in [0.25, 0.3) is 5.69 Å². The predicted molar refractivity (Wildman–Crippen MR) is 90.7 cm³/mol. The molecule has 2 aromatic heterocycles. The van der Waals surface area contributed by atoms with Gasteiger partial charge in [-0.3, -0.25) is 0 Å². The summed E-state index contributed by atoms with van der Waals surface area (Å²) >= 11 is 3.55. The normalized spacial score (nSPS) is 11.5. The number of benzene rings is 1. The molecule has 0 saturated carbocycles. The highest BCUT2D eigenvalue weighted by atomic mass is 79.9. The van der Waals surface area contributed by atoms with Gasteiger partial charge in [-0.25, -0.2) is 4.68 Å². The minimum atomic E-state index is 1.08. The summed E-state index contributed by atoms with van der Waals surface area (Å²) in [6.45, 7) is 6.29. The molecule has 0 atom stereocenters. The van der Waals surface area contributed by atoms with Crippen LogP contribution in [0.2, 0.25) is 0 Å². The lowest BCUT2D eigenvalue weighted by Gasteiger charge is -2.11. The smallest absolute Gasteiger partial charge is 0.141 e. The van der Waals surface area contributed by atoms with Gasteiger partial charge in [0.25, 0.3) is 0 Å². The van der Waals surface area contributed by atoms with Crippen molar-refractivity contribution in [3.05, 3.63) is 63.9 Å². The maximum Gasteiger partial charge on any atom is 0.141 e. The van der Waals surface area contributed by atoms with E-state index < -0.39 is 0 Å². The van der Waals surface area contributed by atoms with E-state index >= 15 is 0 Å². The number of aromatic nitrogens is 4. The molecular weight excluding hydrogens is 342 g/mol. The lowest BCUT2D eigenvalue weighted by Crippen LogP contribution is -2.00. The van der Waals surface area contributed by atoms with Crippen LogP contribution in [0.5, 0.6) is 0 Å². The van der Waals surface area contributed by atoms with Crippen molar-refractivity contribution in [1.82, 2.24) is 19.4 Å². The van der Waals surface area contributed by atoms with Gasteiger partial charge in [0.1, 0.15) is 12.7 Å². The Labute approximate surface area is 137 Å². The Hall–Kier alpha value is -2.21. The molecular formula is C16H16BrN5. The molecule has 0 aliphatic rings. The van der Waals surface area contributed by atoms with Crippen molar-refractivity contribution in [1.29, 1.82) is 0 Å². The second kappa shape index (κ2) is 5.88. The van der Waals surface area contributed by atoms with E-state index in [-0.39, 0.29) is 0 Å². The van der Waals surface area contributed by atoms with E-state index in [1.165, 1.54) is 11.3 Å². The monoisotopic (exact) mass is 357 g/mol. The van der Waals surface area contributed by atoms with Gasteiger partial charge in [0.15, 0.2) is 0 Å². The van der Waals surface area contributed by atoms with Crippen molar-refractivity contribution in [2.75, 3.05) is 0 Å². The highest BCUT2D eigenvalue weighted by molar-refractivity contribution is 9.10. The van der Waals surface area contributed by atoms with Gasteiger partial charge in [-0.15, -0.1) is 10.2 Å². The van der Waals surface area contributed by atoms with E-state index in [1.54, 1.807) is 17.3 Å². The van der Waals surface area contributed by atoms with Crippen molar-refractivity contribution < 1.29 is 0 Å². The quantitative estimate of drug-likeness (QED) is 0.671. The summed E-state index contributed by atoms with van der Waals surface area (Å²) < 4.78 is 4.93. The van der Waals surface area contributed by atoms with Crippen molar-refractivity contribution in [3.63, 3.8) is 0 Å². The minimum absolute atomic E-state index is 1.08. The number of halogens is 1. The average molecular weight is 358 g/mol. The second-order valence-electron chi connectivity index (χ2n) is 5.18. The van der Waals surface area contributed by atoms with Crippen LogP contribution in [-0.4, -0.2) is 25.7 Å². The molecule has 5 nitrogen and oxygen atoms in total. The Morgan fingerprint density at radius 3 is 2.50 bits per heavy atom. The molecule has 0 aliphatic carbocycles. The van der Waals surface area contributed by atoms with Gasteiger partial charge >= 0.3 is 0 Å². The Balaban J connectivity index is 2.01. The van der Waals surface area contributed by atoms with Crippen LogP contribution in [0.1, 0.15) is 22.5 Å². The van der Waals surface area contributed by atoms with Crippen LogP contribution in [0.4, 0.5) is 0 Å². The molecule has 0 unspecified atom stereocenters. The molecule has 0 bridgehead atoms. The molecule has 0 radical (unpaired) electrons. The molecule has 3 aromatic rings. The fourth-order valence-electron chi connectivity index (χ4n) is 2.47. The molecule has 0 spiro atoms. The topological polar surface area (TPSA) is 48.0 Å². The predicted octanol–water partition coefficient (Wildman–Crippen LogP) is 3.64. The maximum atomic E-state index is 4.32. The van der Waals surface area contributed by atoms with Gasteiger partial charge in [0, 0.05) is 27.1 Å². The van der Waals surface area contributed by atoms with Crippen LogP contribution < -0.4 is 0 Å². The fraction of sp³-hybridized carbons (Fsp3) is 0.188. The lowest BCUT2D eigenvalue weighted by atomic mass is 10.2. The molecule has 2 heterocycles. The molecule has 1 aromatic carbocycles. The Kier molecular flexibility index (Phi) is 3.94. The van der Waals surface area contributed by atoms with E-state index in [1.807, 2.05) is 6.21 Å². The number of hydrogen-bond donors (Lipinski definition) is 0. The lowest BCUT2D eigenvalue weighted by molar-refractivity contribution is 0.877. The van der Waals surface area contributed by atoms with E-state index in [0.717, 1.165) is 21.4 Å². The van der Waals surface area contributed by atoms with E-state index in [4.69, 9.17) is 0 Å². The van der Waals surface area contributed by atoms with Crippen LogP contribution in [0, 0.1) is 20.8 Å². The standard InChI is InChI=1S/C16H16BrN5/c1-11-6-15(4-5-16(11)17)22-12(2)7-14(13(22)3)8-20-21-9-18-19-10-21/h4-10H,1-3H3/b20-8-. The summed E-state index contributed by atoms with van der Waals surface area (Å²) in [4.78, 5) is 0. The van der Waals surface area contributed by atoms with Crippen LogP contribution in [-0.2, 0) is 0 Å². The molecule has 22 heavy (non-hydrogen) atoms. The van der Waals surface area contributed by atoms with Gasteiger partial charge < -0.3 is 4.57 Å². The minimum Gasteiger partial charge on any atom is -0.318 e. The molecule has 6 heteroatoms. The number of aryl methyl sites for hydroxylation is 2. The van der Waals surface area contributed by atoms with E-state index in [2.05, 4.69) is 80.8 Å². The highest BCUT2D eigenvalue weighted by Crippen LogP contribution is 2.24. The number of nitrogens with zero attached hydrogens (tertiary/aromatic N) is 5. The van der Waals surface area contributed by atoms with Crippen molar-refractivity contribution >= 4 is 22.1 Å². The molecule has 0 amide bonds. The summed E-state index contributed by atoms with van der Waals surface area (Å²) in [5.74, 6) is 0. The third-order valence-electron chi connectivity index (χ3n) is 3.61. The summed E-state index contributed by atoms with van der Waals surface area (Å²) in [6.07, 6.45) is 4.95. The molecule has 0 aliphatic heterocycles. The first-order valence-corrected chi connectivity index (χ1v) is 7.70. The Bertz CT molecular complexity index is 831. The van der Waals surface area contributed by atoms with Crippen LogP contribution in [0.3, 0.4) is 0 Å². The number of rotatable bonds is 3. The van der Waals surface area contributed by atoms with Crippen molar-refractivity contribution in [2.24, 2.45) is 5.10 Å². The summed E-state index contributed by atoms with van der Waals surface area (Å²) in [5, 5.41) is 11.8. The first-order chi connectivity index (χ1) is 10.6. The van der Waals surface area contributed by atoms with Gasteiger partial charge in [-0.2, -0.15) is 5.10 Å². The zero-order valence-electron chi connectivity index (χ0n) is 12.7. The van der Waals surface area contributed by atoms with Gasteiger partial charge in [-0.1, -0.05) is 15.9 Å². The molecule has 0 N–H and O–H groups in total. The van der Waals surface area contributed by atoms with Gasteiger partial charge in [0.2, 0.25) is 0 Å². The molecule has 0 saturated heterocycles. The van der Waals surface area contributed by atoms with Crippen LogP contribution in [0.15, 0.2) is 46.5 Å². The molecule has 3 rings (SSSR count). The Morgan fingerprint density at radius 2 is 1.82 bits per heavy atom. The maximum absolute atomic E-state index is 4.32. The zero-order valence-corrected chi connectivity index (χ0v) is 14.2. The van der Waals surface area contributed by atoms with E-state index in [9.17, 15) is 0 Å². The Morgan fingerprint density at radius 1 is 1.09 bits per heavy atom. The molecule has 0 fully saturated rings. The average Bonchev–Trinajstić information content (AvgIpc) is 3.09. The zero-order chi connectivity index (χ0) is 15.7. The molecule has 112 valence electrons. The third kappa shape index (κ3) is 2.74. The van der Waals surface area contributed by atoms with Gasteiger partial charge in [-0.05, 0) is 50.6 Å². The summed E-state index contributed by atoms with van der Waals surface area (Å²) in [5.41, 5.74) is 5.76. The second-order valence-corrected chi connectivity index (χ2v) is 6.04. The first-order valence-electron chi connectivity index (χ1n) is 6.90. The fourth-order valence-corrected chi connectivity index (χ4v) is 2.71. The largest absolute Gasteiger partial charge is 0.318 e. The van der Waals surface area contributed by atoms with E-state index in [0.29, 0.717) is 0 Å². The highest BCUT2D eigenvalue weighted by Gasteiger charge is 2.10. The van der Waals surface area contributed by atoms with Gasteiger partial charge in [0.05, 0.1) is 6.21 Å². The van der Waals surface area contributed by atoms with Crippen LogP contribution >= 0.6 is 15.9 Å². The summed E-state index contributed by atoms with van der Waals surface area (Å²) in [7, 11) is 0. The number of hydrogen-bond acceptors (Lipinski definition) is 3. The third-order valence-corrected chi connectivity index (χ3v) is 4.50. The first kappa shape index (κ1) is 14.7. The van der Waals surface area contributed by atoms with Crippen molar-refractivity contribution in [2.45, 2.75) is 20.8 Å². The SMILES string of the molecule is Cc1cc(-n2c(C)cc(/C=N\n3cnnc3)c2C)ccc1Br. The summed E-state index contributed by atoms with van der Waals surface area (Å²) in [6, 6.07) is 8.48.